The lowest BCUT2D eigenvalue weighted by Gasteiger charge is -2.08. The van der Waals surface area contributed by atoms with Gasteiger partial charge in [-0.1, -0.05) is 15.9 Å². The zero-order valence-electron chi connectivity index (χ0n) is 15.1. The average molecular weight is 447 g/mol. The Labute approximate surface area is 170 Å². The monoisotopic (exact) mass is 446 g/mol. The molecule has 3 N–H and O–H groups in total. The van der Waals surface area contributed by atoms with Crippen LogP contribution in [0.2, 0.25) is 0 Å². The van der Waals surface area contributed by atoms with Crippen molar-refractivity contribution in [1.29, 1.82) is 0 Å². The van der Waals surface area contributed by atoms with Gasteiger partial charge in [0.05, 0.1) is 6.21 Å². The summed E-state index contributed by atoms with van der Waals surface area (Å²) in [5.41, 5.74) is 3.49. The second-order valence-electron chi connectivity index (χ2n) is 5.47. The van der Waals surface area contributed by atoms with Gasteiger partial charge >= 0.3 is 11.8 Å². The number of hydrogen-bond acceptors (Lipinski definition) is 5. The Morgan fingerprint density at radius 2 is 1.71 bits per heavy atom. The van der Waals surface area contributed by atoms with Crippen LogP contribution in [0.4, 0.5) is 5.69 Å². The minimum Gasteiger partial charge on any atom is -0.484 e. The molecule has 2 aromatic carbocycles. The predicted octanol–water partition coefficient (Wildman–Crippen LogP) is 2.05. The third-order valence-corrected chi connectivity index (χ3v) is 3.83. The molecule has 0 saturated heterocycles. The van der Waals surface area contributed by atoms with Crippen molar-refractivity contribution in [2.45, 2.75) is 6.92 Å². The molecule has 2 aromatic rings. The molecule has 0 aliphatic heterocycles. The van der Waals surface area contributed by atoms with Crippen molar-refractivity contribution in [1.82, 2.24) is 10.7 Å². The van der Waals surface area contributed by atoms with Crippen molar-refractivity contribution >= 4 is 45.6 Å². The van der Waals surface area contributed by atoms with Crippen molar-refractivity contribution in [3.05, 3.63) is 58.6 Å². The van der Waals surface area contributed by atoms with Gasteiger partial charge in [-0.3, -0.25) is 14.4 Å². The van der Waals surface area contributed by atoms with Gasteiger partial charge in [0.1, 0.15) is 5.75 Å². The van der Waals surface area contributed by atoms with E-state index in [1.54, 1.807) is 43.3 Å². The molecule has 0 spiro atoms. The van der Waals surface area contributed by atoms with E-state index in [4.69, 9.17) is 4.74 Å². The van der Waals surface area contributed by atoms with Crippen LogP contribution in [0.3, 0.4) is 0 Å². The van der Waals surface area contributed by atoms with Crippen LogP contribution in [0.5, 0.6) is 5.75 Å². The summed E-state index contributed by atoms with van der Waals surface area (Å²) in [4.78, 5) is 34.5. The molecular formula is C19H19BrN4O4. The standard InChI is InChI=1S/C19H19BrN4O4/c1-2-21-18(26)19(27)24-22-11-13-3-9-16(10-4-13)28-12-17(25)23-15-7-5-14(20)6-8-15/h3-11H,2,12H2,1H3,(H,21,26)(H,23,25)(H,24,27)/b22-11-. The fourth-order valence-corrected chi connectivity index (χ4v) is 2.25. The van der Waals surface area contributed by atoms with Crippen LogP contribution in [-0.4, -0.2) is 37.1 Å². The van der Waals surface area contributed by atoms with Crippen molar-refractivity contribution < 1.29 is 19.1 Å². The van der Waals surface area contributed by atoms with Gasteiger partial charge in [0, 0.05) is 16.7 Å². The maximum atomic E-state index is 11.9. The van der Waals surface area contributed by atoms with Crippen LogP contribution >= 0.6 is 15.9 Å². The van der Waals surface area contributed by atoms with E-state index < -0.39 is 11.8 Å². The number of ether oxygens (including phenoxy) is 1. The molecule has 0 aliphatic carbocycles. The second-order valence-corrected chi connectivity index (χ2v) is 6.39. The summed E-state index contributed by atoms with van der Waals surface area (Å²) < 4.78 is 6.36. The number of benzene rings is 2. The van der Waals surface area contributed by atoms with Gasteiger partial charge in [-0.25, -0.2) is 5.43 Å². The molecule has 9 heteroatoms. The number of nitrogens with zero attached hydrogens (tertiary/aromatic N) is 1. The minimum absolute atomic E-state index is 0.133. The number of nitrogens with one attached hydrogen (secondary N) is 3. The van der Waals surface area contributed by atoms with E-state index in [-0.39, 0.29) is 12.5 Å². The Balaban J connectivity index is 1.78. The Kier molecular flexibility index (Phi) is 8.16. The summed E-state index contributed by atoms with van der Waals surface area (Å²) in [6, 6.07) is 13.9. The molecule has 0 saturated carbocycles. The number of carbonyl (C=O) groups is 3. The van der Waals surface area contributed by atoms with E-state index >= 15 is 0 Å². The molecule has 0 fully saturated rings. The smallest absolute Gasteiger partial charge is 0.329 e. The molecule has 0 bridgehead atoms. The van der Waals surface area contributed by atoms with Crippen LogP contribution in [0.1, 0.15) is 12.5 Å². The minimum atomic E-state index is -0.838. The third-order valence-electron chi connectivity index (χ3n) is 3.30. The summed E-state index contributed by atoms with van der Waals surface area (Å²) in [6.45, 7) is 1.94. The Morgan fingerprint density at radius 3 is 2.36 bits per heavy atom. The van der Waals surface area contributed by atoms with Gasteiger partial charge < -0.3 is 15.4 Å². The quantitative estimate of drug-likeness (QED) is 0.343. The summed E-state index contributed by atoms with van der Waals surface area (Å²) in [5, 5.41) is 8.80. The molecule has 3 amide bonds. The third kappa shape index (κ3) is 7.20. The van der Waals surface area contributed by atoms with Crippen molar-refractivity contribution in [2.24, 2.45) is 5.10 Å². The Morgan fingerprint density at radius 1 is 1.04 bits per heavy atom. The van der Waals surface area contributed by atoms with E-state index in [0.717, 1.165) is 4.47 Å². The number of carbonyl (C=O) groups excluding carboxylic acids is 3. The van der Waals surface area contributed by atoms with Crippen LogP contribution in [-0.2, 0) is 14.4 Å². The topological polar surface area (TPSA) is 109 Å². The van der Waals surface area contributed by atoms with E-state index in [2.05, 4.69) is 37.1 Å². The molecule has 28 heavy (non-hydrogen) atoms. The van der Waals surface area contributed by atoms with E-state index in [1.165, 1.54) is 6.21 Å². The van der Waals surface area contributed by atoms with Crippen molar-refractivity contribution in [3.8, 4) is 5.75 Å². The molecule has 0 unspecified atom stereocenters. The highest BCUT2D eigenvalue weighted by molar-refractivity contribution is 9.10. The highest BCUT2D eigenvalue weighted by Gasteiger charge is 2.10. The summed E-state index contributed by atoms with van der Waals surface area (Å²) in [5.74, 6) is -1.35. The van der Waals surface area contributed by atoms with E-state index in [0.29, 0.717) is 23.5 Å². The molecule has 0 radical (unpaired) electrons. The number of likely N-dealkylation sites (N-methyl/N-ethyl adjacent to an activating group) is 1. The lowest BCUT2D eigenvalue weighted by atomic mass is 10.2. The van der Waals surface area contributed by atoms with Gasteiger partial charge in [-0.05, 0) is 61.0 Å². The van der Waals surface area contributed by atoms with Gasteiger partial charge in [-0.2, -0.15) is 5.10 Å². The molecule has 0 aromatic heterocycles. The van der Waals surface area contributed by atoms with Gasteiger partial charge in [0.25, 0.3) is 5.91 Å². The van der Waals surface area contributed by atoms with Crippen LogP contribution < -0.4 is 20.8 Å². The zero-order chi connectivity index (χ0) is 20.4. The van der Waals surface area contributed by atoms with Gasteiger partial charge in [0.2, 0.25) is 0 Å². The van der Waals surface area contributed by atoms with Crippen LogP contribution in [0.15, 0.2) is 58.1 Å². The first-order valence-electron chi connectivity index (χ1n) is 8.37. The van der Waals surface area contributed by atoms with E-state index in [1.807, 2.05) is 12.1 Å². The first kappa shape index (κ1) is 21.1. The molecule has 2 rings (SSSR count). The zero-order valence-corrected chi connectivity index (χ0v) is 16.7. The summed E-state index contributed by atoms with van der Waals surface area (Å²) >= 11 is 3.33. The van der Waals surface area contributed by atoms with Gasteiger partial charge in [-0.15, -0.1) is 0 Å². The largest absolute Gasteiger partial charge is 0.484 e. The highest BCUT2D eigenvalue weighted by Crippen LogP contribution is 2.14. The highest BCUT2D eigenvalue weighted by atomic mass is 79.9. The fourth-order valence-electron chi connectivity index (χ4n) is 1.99. The maximum Gasteiger partial charge on any atom is 0.329 e. The Bertz CT molecular complexity index is 851. The molecular weight excluding hydrogens is 428 g/mol. The Hall–Kier alpha value is -3.20. The fraction of sp³-hybridized carbons (Fsp3) is 0.158. The van der Waals surface area contributed by atoms with Crippen LogP contribution in [0, 0.1) is 0 Å². The first-order valence-corrected chi connectivity index (χ1v) is 9.16. The number of rotatable bonds is 7. The molecule has 0 aliphatic rings. The lowest BCUT2D eigenvalue weighted by molar-refractivity contribution is -0.139. The van der Waals surface area contributed by atoms with Crippen LogP contribution in [0.25, 0.3) is 0 Å². The number of anilines is 1. The number of amides is 3. The predicted molar refractivity (Wildman–Crippen MR) is 109 cm³/mol. The summed E-state index contributed by atoms with van der Waals surface area (Å²) in [6.07, 6.45) is 1.39. The SMILES string of the molecule is CCNC(=O)C(=O)N/N=C\c1ccc(OCC(=O)Nc2ccc(Br)cc2)cc1. The normalized spacial score (nSPS) is 10.4. The molecule has 0 heterocycles. The second kappa shape index (κ2) is 10.8. The number of hydrogen-bond donors (Lipinski definition) is 3. The molecule has 146 valence electrons. The maximum absolute atomic E-state index is 11.9. The van der Waals surface area contributed by atoms with Crippen molar-refractivity contribution in [3.63, 3.8) is 0 Å². The van der Waals surface area contributed by atoms with E-state index in [9.17, 15) is 14.4 Å². The summed E-state index contributed by atoms with van der Waals surface area (Å²) in [7, 11) is 0. The van der Waals surface area contributed by atoms with Crippen molar-refractivity contribution in [2.75, 3.05) is 18.5 Å². The van der Waals surface area contributed by atoms with Gasteiger partial charge in [0.15, 0.2) is 6.61 Å². The number of halogens is 1. The molecule has 8 nitrogen and oxygen atoms in total. The molecule has 0 atom stereocenters. The average Bonchev–Trinajstić information content (AvgIpc) is 2.69. The first-order chi connectivity index (χ1) is 13.5. The lowest BCUT2D eigenvalue weighted by Crippen LogP contribution is -2.37. The number of hydrazone groups is 1.